The first-order valence-electron chi connectivity index (χ1n) is 4.03. The first-order valence-corrected chi connectivity index (χ1v) is 4.41. The first-order chi connectivity index (χ1) is 6.29. The predicted molar refractivity (Wildman–Crippen MR) is 51.3 cm³/mol. The highest BCUT2D eigenvalue weighted by Crippen LogP contribution is 2.22. The molecule has 0 aliphatic rings. The second-order valence-electron chi connectivity index (χ2n) is 2.71. The van der Waals surface area contributed by atoms with E-state index in [-0.39, 0.29) is 6.61 Å². The Balaban J connectivity index is 2.89. The molecule has 1 N–H and O–H groups in total. The van der Waals surface area contributed by atoms with Crippen molar-refractivity contribution in [2.75, 3.05) is 0 Å². The molecule has 0 unspecified atom stereocenters. The normalized spacial score (nSPS) is 9.62. The minimum Gasteiger partial charge on any atom is -0.392 e. The van der Waals surface area contributed by atoms with Crippen molar-refractivity contribution in [3.63, 3.8) is 0 Å². The van der Waals surface area contributed by atoms with Gasteiger partial charge in [-0.3, -0.25) is 0 Å². The second-order valence-corrected chi connectivity index (χ2v) is 3.08. The van der Waals surface area contributed by atoms with E-state index in [1.807, 2.05) is 12.1 Å². The minimum atomic E-state index is -0.0563. The smallest absolute Gasteiger partial charge is 0.0696 e. The molecule has 0 bridgehead atoms. The van der Waals surface area contributed by atoms with Crippen LogP contribution < -0.4 is 0 Å². The second kappa shape index (κ2) is 4.86. The number of aryl methyl sites for hydroxylation is 1. The van der Waals surface area contributed by atoms with Gasteiger partial charge in [0.05, 0.1) is 12.7 Å². The minimum absolute atomic E-state index is 0.0563. The molecular formula is C10H10ClNO. The fourth-order valence-electron chi connectivity index (χ4n) is 1.14. The van der Waals surface area contributed by atoms with Crippen LogP contribution in [0.4, 0.5) is 0 Å². The van der Waals surface area contributed by atoms with Gasteiger partial charge in [0.2, 0.25) is 0 Å². The van der Waals surface area contributed by atoms with Crippen LogP contribution in [-0.4, -0.2) is 5.11 Å². The summed E-state index contributed by atoms with van der Waals surface area (Å²) in [6, 6.07) is 7.55. The molecule has 0 heterocycles. The van der Waals surface area contributed by atoms with Gasteiger partial charge in [-0.25, -0.2) is 0 Å². The van der Waals surface area contributed by atoms with Gasteiger partial charge in [0, 0.05) is 11.4 Å². The van der Waals surface area contributed by atoms with E-state index in [1.165, 1.54) is 0 Å². The molecule has 68 valence electrons. The van der Waals surface area contributed by atoms with Crippen molar-refractivity contribution in [3.8, 4) is 6.07 Å². The number of aliphatic hydroxyl groups is 1. The maximum absolute atomic E-state index is 8.92. The average molecular weight is 196 g/mol. The van der Waals surface area contributed by atoms with Crippen molar-refractivity contribution in [2.45, 2.75) is 19.4 Å². The Bertz CT molecular complexity index is 330. The molecule has 1 rings (SSSR count). The summed E-state index contributed by atoms with van der Waals surface area (Å²) in [5, 5.41) is 17.9. The van der Waals surface area contributed by atoms with Gasteiger partial charge in [-0.15, -0.1) is 0 Å². The van der Waals surface area contributed by atoms with E-state index < -0.39 is 0 Å². The lowest BCUT2D eigenvalue weighted by Gasteiger charge is -2.05. The molecule has 0 spiro atoms. The molecule has 0 fully saturated rings. The third-order valence-corrected chi connectivity index (χ3v) is 2.32. The molecule has 0 amide bonds. The highest BCUT2D eigenvalue weighted by molar-refractivity contribution is 6.32. The molecule has 0 radical (unpaired) electrons. The zero-order chi connectivity index (χ0) is 9.68. The topological polar surface area (TPSA) is 44.0 Å². The van der Waals surface area contributed by atoms with Crippen LogP contribution in [0.3, 0.4) is 0 Å². The molecule has 0 saturated heterocycles. The van der Waals surface area contributed by atoms with Gasteiger partial charge >= 0.3 is 0 Å². The number of benzene rings is 1. The van der Waals surface area contributed by atoms with E-state index in [0.717, 1.165) is 11.1 Å². The summed E-state index contributed by atoms with van der Waals surface area (Å²) in [4.78, 5) is 0. The number of halogens is 1. The van der Waals surface area contributed by atoms with E-state index in [2.05, 4.69) is 6.07 Å². The van der Waals surface area contributed by atoms with Crippen LogP contribution in [0.25, 0.3) is 0 Å². The van der Waals surface area contributed by atoms with Crippen molar-refractivity contribution in [1.29, 1.82) is 5.26 Å². The van der Waals surface area contributed by atoms with Crippen LogP contribution in [0.15, 0.2) is 18.2 Å². The van der Waals surface area contributed by atoms with Crippen LogP contribution in [-0.2, 0) is 13.0 Å². The number of hydrogen-bond acceptors (Lipinski definition) is 2. The summed E-state index contributed by atoms with van der Waals surface area (Å²) in [5.74, 6) is 0. The van der Waals surface area contributed by atoms with Crippen molar-refractivity contribution >= 4 is 11.6 Å². The molecule has 0 aromatic heterocycles. The first kappa shape index (κ1) is 10.0. The summed E-state index contributed by atoms with van der Waals surface area (Å²) in [6.07, 6.45) is 1.10. The molecule has 3 heteroatoms. The summed E-state index contributed by atoms with van der Waals surface area (Å²) >= 11 is 5.98. The maximum atomic E-state index is 8.92. The number of rotatable bonds is 3. The van der Waals surface area contributed by atoms with Gasteiger partial charge in [0.1, 0.15) is 0 Å². The lowest BCUT2D eigenvalue weighted by molar-refractivity contribution is 0.282. The van der Waals surface area contributed by atoms with E-state index in [0.29, 0.717) is 17.9 Å². The Labute approximate surface area is 82.4 Å². The fraction of sp³-hybridized carbons (Fsp3) is 0.300. The van der Waals surface area contributed by atoms with Gasteiger partial charge in [0.25, 0.3) is 0 Å². The third-order valence-electron chi connectivity index (χ3n) is 1.84. The molecule has 1 aromatic carbocycles. The van der Waals surface area contributed by atoms with E-state index >= 15 is 0 Å². The molecule has 0 aliphatic carbocycles. The third kappa shape index (κ3) is 2.45. The molecule has 13 heavy (non-hydrogen) atoms. The van der Waals surface area contributed by atoms with Crippen molar-refractivity contribution in [3.05, 3.63) is 34.3 Å². The Hall–Kier alpha value is -1.04. The fourth-order valence-corrected chi connectivity index (χ4v) is 1.42. The standard InChI is InChI=1S/C10H10ClNO/c11-10-8(5-2-6-12)3-1-4-9(10)7-13/h1,3-4,13H,2,5,7H2. The Morgan fingerprint density at radius 1 is 1.38 bits per heavy atom. The van der Waals surface area contributed by atoms with Crippen molar-refractivity contribution in [1.82, 2.24) is 0 Å². The SMILES string of the molecule is N#CCCc1cccc(CO)c1Cl. The molecule has 0 saturated carbocycles. The van der Waals surface area contributed by atoms with Gasteiger partial charge < -0.3 is 5.11 Å². The van der Waals surface area contributed by atoms with E-state index in [4.69, 9.17) is 22.0 Å². The van der Waals surface area contributed by atoms with E-state index in [9.17, 15) is 0 Å². The molecule has 1 aromatic rings. The van der Waals surface area contributed by atoms with Gasteiger partial charge in [-0.2, -0.15) is 5.26 Å². The summed E-state index contributed by atoms with van der Waals surface area (Å²) in [5.41, 5.74) is 1.65. The number of hydrogen-bond donors (Lipinski definition) is 1. The van der Waals surface area contributed by atoms with Crippen LogP contribution in [0.2, 0.25) is 5.02 Å². The Morgan fingerprint density at radius 3 is 2.69 bits per heavy atom. The predicted octanol–water partition coefficient (Wildman–Crippen LogP) is 2.29. The molecule has 0 aliphatic heterocycles. The largest absolute Gasteiger partial charge is 0.392 e. The summed E-state index contributed by atoms with van der Waals surface area (Å²) in [6.45, 7) is -0.0563. The molecular weight excluding hydrogens is 186 g/mol. The summed E-state index contributed by atoms with van der Waals surface area (Å²) in [7, 11) is 0. The molecule has 0 atom stereocenters. The average Bonchev–Trinajstić information content (AvgIpc) is 2.16. The number of nitriles is 1. The van der Waals surface area contributed by atoms with Crippen molar-refractivity contribution in [2.24, 2.45) is 0 Å². The van der Waals surface area contributed by atoms with Gasteiger partial charge in [-0.1, -0.05) is 29.8 Å². The number of nitrogens with zero attached hydrogens (tertiary/aromatic N) is 1. The zero-order valence-corrected chi connectivity index (χ0v) is 7.88. The number of aliphatic hydroxyl groups excluding tert-OH is 1. The van der Waals surface area contributed by atoms with Gasteiger partial charge in [0.15, 0.2) is 0 Å². The van der Waals surface area contributed by atoms with Gasteiger partial charge in [-0.05, 0) is 17.5 Å². The monoisotopic (exact) mass is 195 g/mol. The van der Waals surface area contributed by atoms with Crippen LogP contribution >= 0.6 is 11.6 Å². The Morgan fingerprint density at radius 2 is 2.08 bits per heavy atom. The van der Waals surface area contributed by atoms with Crippen LogP contribution in [0.1, 0.15) is 17.5 Å². The molecule has 2 nitrogen and oxygen atoms in total. The summed E-state index contributed by atoms with van der Waals surface area (Å²) < 4.78 is 0. The lowest BCUT2D eigenvalue weighted by Crippen LogP contribution is -1.91. The van der Waals surface area contributed by atoms with Crippen LogP contribution in [0.5, 0.6) is 0 Å². The highest BCUT2D eigenvalue weighted by atomic mass is 35.5. The highest BCUT2D eigenvalue weighted by Gasteiger charge is 2.03. The lowest BCUT2D eigenvalue weighted by atomic mass is 10.1. The Kier molecular flexibility index (Phi) is 3.75. The zero-order valence-electron chi connectivity index (χ0n) is 7.13. The van der Waals surface area contributed by atoms with Crippen molar-refractivity contribution < 1.29 is 5.11 Å². The maximum Gasteiger partial charge on any atom is 0.0696 e. The van der Waals surface area contributed by atoms with E-state index in [1.54, 1.807) is 6.07 Å². The quantitative estimate of drug-likeness (QED) is 0.804. The van der Waals surface area contributed by atoms with Crippen LogP contribution in [0, 0.1) is 11.3 Å².